The first-order valence-corrected chi connectivity index (χ1v) is 12.2. The van der Waals surface area contributed by atoms with Crippen LogP contribution in [0.15, 0.2) is 71.6 Å². The van der Waals surface area contributed by atoms with Crippen molar-refractivity contribution in [1.29, 1.82) is 0 Å². The van der Waals surface area contributed by atoms with E-state index < -0.39 is 34.3 Å². The summed E-state index contributed by atoms with van der Waals surface area (Å²) in [5.74, 6) is -1.40. The van der Waals surface area contributed by atoms with Gasteiger partial charge in [-0.1, -0.05) is 11.6 Å². The lowest BCUT2D eigenvalue weighted by atomic mass is 10.2. The first-order chi connectivity index (χ1) is 16.6. The number of sulfonamides is 1. The summed E-state index contributed by atoms with van der Waals surface area (Å²) in [6, 6.07) is 14.5. The summed E-state index contributed by atoms with van der Waals surface area (Å²) in [6.07, 6.45) is 0. The average molecular weight is 521 g/mol. The van der Waals surface area contributed by atoms with Gasteiger partial charge in [0.25, 0.3) is 10.0 Å². The molecule has 0 aliphatic heterocycles. The van der Waals surface area contributed by atoms with E-state index in [1.165, 1.54) is 61.7 Å². The molecule has 3 aromatic carbocycles. The predicted molar refractivity (Wildman–Crippen MR) is 130 cm³/mol. The average Bonchev–Trinajstić information content (AvgIpc) is 2.83. The number of carbonyl (C=O) groups is 2. The number of carbonyl (C=O) groups excluding carboxylic acids is 2. The smallest absolute Gasteiger partial charge is 0.339 e. The lowest BCUT2D eigenvalue weighted by Crippen LogP contribution is -2.38. The van der Waals surface area contributed by atoms with Gasteiger partial charge in [-0.2, -0.15) is 0 Å². The molecule has 0 unspecified atom stereocenters. The monoisotopic (exact) mass is 520 g/mol. The van der Waals surface area contributed by atoms with Gasteiger partial charge >= 0.3 is 5.97 Å². The third-order valence-corrected chi connectivity index (χ3v) is 6.90. The second-order valence-electron chi connectivity index (χ2n) is 7.13. The van der Waals surface area contributed by atoms with E-state index in [9.17, 15) is 22.4 Å². The molecule has 0 aliphatic carbocycles. The zero-order valence-electron chi connectivity index (χ0n) is 18.8. The minimum Gasteiger partial charge on any atom is -0.497 e. The number of nitrogens with one attached hydrogen (secondary N) is 1. The van der Waals surface area contributed by atoms with E-state index >= 15 is 0 Å². The highest BCUT2D eigenvalue weighted by Gasteiger charge is 2.27. The van der Waals surface area contributed by atoms with E-state index in [0.717, 1.165) is 16.4 Å². The van der Waals surface area contributed by atoms with Crippen molar-refractivity contribution < 1.29 is 31.9 Å². The van der Waals surface area contributed by atoms with Gasteiger partial charge in [-0.05, 0) is 73.7 Å². The van der Waals surface area contributed by atoms with E-state index in [1.54, 1.807) is 6.92 Å². The van der Waals surface area contributed by atoms with Crippen LogP contribution in [0.1, 0.15) is 17.3 Å². The Balaban J connectivity index is 1.87. The molecule has 35 heavy (non-hydrogen) atoms. The SMILES string of the molecule is CCOC(=O)c1ccc(NC(=O)CN(c2ccc(F)cc2)S(=O)(=O)c2ccc(OC)cc2)cc1Cl. The van der Waals surface area contributed by atoms with Crippen molar-refractivity contribution in [3.8, 4) is 5.75 Å². The van der Waals surface area contributed by atoms with Crippen molar-refractivity contribution in [2.24, 2.45) is 0 Å². The summed E-state index contributed by atoms with van der Waals surface area (Å²) in [6.45, 7) is 1.22. The molecule has 0 fully saturated rings. The number of anilines is 2. The summed E-state index contributed by atoms with van der Waals surface area (Å²) >= 11 is 6.13. The number of benzene rings is 3. The molecule has 0 aromatic heterocycles. The Bertz CT molecular complexity index is 1310. The van der Waals surface area contributed by atoms with Crippen LogP contribution in [0.3, 0.4) is 0 Å². The first-order valence-electron chi connectivity index (χ1n) is 10.3. The van der Waals surface area contributed by atoms with E-state index in [1.807, 2.05) is 0 Å². The van der Waals surface area contributed by atoms with Crippen LogP contribution in [0.4, 0.5) is 15.8 Å². The number of hydrogen-bond donors (Lipinski definition) is 1. The molecule has 184 valence electrons. The highest BCUT2D eigenvalue weighted by atomic mass is 35.5. The molecule has 0 aliphatic rings. The van der Waals surface area contributed by atoms with E-state index in [4.69, 9.17) is 21.1 Å². The maximum absolute atomic E-state index is 13.5. The third kappa shape index (κ3) is 6.28. The molecule has 0 saturated heterocycles. The van der Waals surface area contributed by atoms with Gasteiger partial charge in [0.15, 0.2) is 0 Å². The highest BCUT2D eigenvalue weighted by molar-refractivity contribution is 7.92. The molecule has 0 atom stereocenters. The highest BCUT2D eigenvalue weighted by Crippen LogP contribution is 2.26. The second kappa shape index (κ2) is 11.2. The standard InChI is InChI=1S/C24H22ClFN2O6S/c1-3-34-24(30)21-13-6-17(14-22(21)25)27-23(29)15-28(18-7-4-16(26)5-8-18)35(31,32)20-11-9-19(33-2)10-12-20/h4-14H,3,15H2,1-2H3,(H,27,29). The van der Waals surface area contributed by atoms with Crippen molar-refractivity contribution in [3.05, 3.63) is 83.1 Å². The van der Waals surface area contributed by atoms with Crippen molar-refractivity contribution in [1.82, 2.24) is 0 Å². The Hall–Kier alpha value is -3.63. The fraction of sp³-hybridized carbons (Fsp3) is 0.167. The lowest BCUT2D eigenvalue weighted by Gasteiger charge is -2.24. The molecule has 0 bridgehead atoms. The van der Waals surface area contributed by atoms with Crippen LogP contribution in [-0.2, 0) is 19.6 Å². The van der Waals surface area contributed by atoms with Crippen LogP contribution in [0.25, 0.3) is 0 Å². The molecule has 8 nitrogen and oxygen atoms in total. The molecular formula is C24H22ClFN2O6S. The van der Waals surface area contributed by atoms with Gasteiger partial charge in [0.05, 0.1) is 34.9 Å². The summed E-state index contributed by atoms with van der Waals surface area (Å²) in [5, 5.41) is 2.62. The minimum absolute atomic E-state index is 0.0579. The van der Waals surface area contributed by atoms with Crippen LogP contribution >= 0.6 is 11.6 Å². The second-order valence-corrected chi connectivity index (χ2v) is 9.40. The lowest BCUT2D eigenvalue weighted by molar-refractivity contribution is -0.114. The molecule has 3 aromatic rings. The quantitative estimate of drug-likeness (QED) is 0.417. The van der Waals surface area contributed by atoms with Crippen molar-refractivity contribution in [3.63, 3.8) is 0 Å². The van der Waals surface area contributed by atoms with Gasteiger partial charge in [0.2, 0.25) is 5.91 Å². The van der Waals surface area contributed by atoms with Crippen LogP contribution in [0, 0.1) is 5.82 Å². The molecule has 0 saturated carbocycles. The van der Waals surface area contributed by atoms with E-state index in [2.05, 4.69) is 5.32 Å². The molecule has 0 spiro atoms. The molecule has 3 rings (SSSR count). The zero-order chi connectivity index (χ0) is 25.6. The Morgan fingerprint density at radius 1 is 1.03 bits per heavy atom. The van der Waals surface area contributed by atoms with Crippen LogP contribution in [-0.4, -0.2) is 40.6 Å². The molecule has 0 radical (unpaired) electrons. The molecule has 1 N–H and O–H groups in total. The number of methoxy groups -OCH3 is 1. The van der Waals surface area contributed by atoms with E-state index in [0.29, 0.717) is 5.75 Å². The number of hydrogen-bond acceptors (Lipinski definition) is 6. The van der Waals surface area contributed by atoms with Crippen molar-refractivity contribution in [2.45, 2.75) is 11.8 Å². The zero-order valence-corrected chi connectivity index (χ0v) is 20.4. The normalized spacial score (nSPS) is 11.0. The maximum Gasteiger partial charge on any atom is 0.339 e. The maximum atomic E-state index is 13.5. The van der Waals surface area contributed by atoms with Crippen LogP contribution < -0.4 is 14.4 Å². The number of ether oxygens (including phenoxy) is 2. The fourth-order valence-corrected chi connectivity index (χ4v) is 4.77. The number of esters is 1. The van der Waals surface area contributed by atoms with Gasteiger partial charge in [0, 0.05) is 5.69 Å². The fourth-order valence-electron chi connectivity index (χ4n) is 3.10. The van der Waals surface area contributed by atoms with Gasteiger partial charge in [-0.3, -0.25) is 9.10 Å². The molecule has 11 heteroatoms. The van der Waals surface area contributed by atoms with Crippen molar-refractivity contribution >= 4 is 44.9 Å². The van der Waals surface area contributed by atoms with Crippen LogP contribution in [0.5, 0.6) is 5.75 Å². The summed E-state index contributed by atoms with van der Waals surface area (Å²) in [7, 11) is -2.76. The van der Waals surface area contributed by atoms with Gasteiger partial charge in [-0.25, -0.2) is 17.6 Å². The Morgan fingerprint density at radius 2 is 1.69 bits per heavy atom. The van der Waals surface area contributed by atoms with Crippen molar-refractivity contribution in [2.75, 3.05) is 29.9 Å². The largest absolute Gasteiger partial charge is 0.497 e. The van der Waals surface area contributed by atoms with Gasteiger partial charge in [-0.15, -0.1) is 0 Å². The first kappa shape index (κ1) is 26.0. The summed E-state index contributed by atoms with van der Waals surface area (Å²) in [4.78, 5) is 24.7. The minimum atomic E-state index is -4.20. The third-order valence-electron chi connectivity index (χ3n) is 4.80. The van der Waals surface area contributed by atoms with E-state index in [-0.39, 0.29) is 33.5 Å². The predicted octanol–water partition coefficient (Wildman–Crippen LogP) is 4.50. The number of rotatable bonds is 9. The molecule has 0 heterocycles. The molecule has 1 amide bonds. The van der Waals surface area contributed by atoms with Crippen LogP contribution in [0.2, 0.25) is 5.02 Å². The number of halogens is 2. The summed E-state index contributed by atoms with van der Waals surface area (Å²) < 4.78 is 51.1. The number of amides is 1. The Labute approximate surface area is 207 Å². The van der Waals surface area contributed by atoms with Gasteiger partial charge < -0.3 is 14.8 Å². The Kier molecular flexibility index (Phi) is 8.31. The topological polar surface area (TPSA) is 102 Å². The molecular weight excluding hydrogens is 499 g/mol. The Morgan fingerprint density at radius 3 is 2.26 bits per heavy atom. The number of nitrogens with zero attached hydrogens (tertiary/aromatic N) is 1. The van der Waals surface area contributed by atoms with Gasteiger partial charge in [0.1, 0.15) is 18.1 Å². The summed E-state index contributed by atoms with van der Waals surface area (Å²) in [5.41, 5.74) is 0.462.